The molecule has 7 heteroatoms. The van der Waals surface area contributed by atoms with Crippen molar-refractivity contribution in [3.05, 3.63) is 34.9 Å². The maximum Gasteiger partial charge on any atom is 0.225 e. The van der Waals surface area contributed by atoms with E-state index >= 15 is 0 Å². The summed E-state index contributed by atoms with van der Waals surface area (Å²) < 4.78 is 0. The summed E-state index contributed by atoms with van der Waals surface area (Å²) in [5.74, 6) is 1.69. The van der Waals surface area contributed by atoms with E-state index in [4.69, 9.17) is 11.6 Å². The van der Waals surface area contributed by atoms with Crippen LogP contribution in [0.5, 0.6) is 0 Å². The van der Waals surface area contributed by atoms with Crippen LogP contribution < -0.4 is 10.6 Å². The second kappa shape index (κ2) is 9.96. The van der Waals surface area contributed by atoms with Crippen LogP contribution in [0.1, 0.15) is 44.6 Å². The Balaban J connectivity index is 0.00000261. The van der Waals surface area contributed by atoms with Gasteiger partial charge in [0.15, 0.2) is 5.96 Å². The number of nitrogens with zero attached hydrogens (tertiary/aromatic N) is 2. The number of hydrogen-bond acceptors (Lipinski definition) is 2. The third-order valence-electron chi connectivity index (χ3n) is 5.25. The van der Waals surface area contributed by atoms with E-state index in [2.05, 4.69) is 21.7 Å². The highest BCUT2D eigenvalue weighted by Crippen LogP contribution is 2.41. The smallest absolute Gasteiger partial charge is 0.225 e. The third kappa shape index (κ3) is 5.98. The van der Waals surface area contributed by atoms with Crippen molar-refractivity contribution >= 4 is 47.4 Å². The topological polar surface area (TPSA) is 56.7 Å². The molecular formula is C20H30ClIN4O. The summed E-state index contributed by atoms with van der Waals surface area (Å²) >= 11 is 6.10. The summed E-state index contributed by atoms with van der Waals surface area (Å²) in [6.45, 7) is 5.56. The van der Waals surface area contributed by atoms with Gasteiger partial charge in [-0.3, -0.25) is 9.79 Å². The van der Waals surface area contributed by atoms with Crippen LogP contribution in [0.3, 0.4) is 0 Å². The van der Waals surface area contributed by atoms with E-state index in [1.54, 1.807) is 0 Å². The number of carbonyl (C=O) groups is 1. The molecule has 5 nitrogen and oxygen atoms in total. The van der Waals surface area contributed by atoms with Gasteiger partial charge in [0.1, 0.15) is 0 Å². The molecule has 2 fully saturated rings. The van der Waals surface area contributed by atoms with E-state index in [0.29, 0.717) is 18.0 Å². The van der Waals surface area contributed by atoms with E-state index in [9.17, 15) is 4.79 Å². The monoisotopic (exact) mass is 504 g/mol. The molecule has 2 N–H and O–H groups in total. The molecule has 1 heterocycles. The number of benzene rings is 1. The van der Waals surface area contributed by atoms with Crippen LogP contribution >= 0.6 is 35.6 Å². The molecule has 0 bridgehead atoms. The fourth-order valence-electron chi connectivity index (χ4n) is 3.61. The van der Waals surface area contributed by atoms with Crippen molar-refractivity contribution in [2.45, 2.75) is 51.1 Å². The summed E-state index contributed by atoms with van der Waals surface area (Å²) in [4.78, 5) is 18.5. The lowest BCUT2D eigenvalue weighted by molar-refractivity contribution is -0.135. The molecule has 1 aliphatic carbocycles. The lowest BCUT2D eigenvalue weighted by Gasteiger charge is -2.34. The molecule has 150 valence electrons. The number of nitrogens with one attached hydrogen (secondary N) is 2. The molecule has 3 rings (SSSR count). The molecule has 2 aliphatic rings. The van der Waals surface area contributed by atoms with Gasteiger partial charge in [0, 0.05) is 49.1 Å². The molecule has 1 saturated carbocycles. The van der Waals surface area contributed by atoms with Crippen molar-refractivity contribution in [3.63, 3.8) is 0 Å². The Morgan fingerprint density at radius 2 is 1.96 bits per heavy atom. The Morgan fingerprint density at radius 3 is 2.56 bits per heavy atom. The normalized spacial score (nSPS) is 23.0. The number of likely N-dealkylation sites (tertiary alicyclic amines) is 1. The SMILES string of the molecule is CN=C(NC1CCN(C(=O)C(C)C)CC1)NC1CC1c1cccc(Cl)c1.I. The minimum absolute atomic E-state index is 0. The molecule has 2 unspecified atom stereocenters. The van der Waals surface area contributed by atoms with Crippen LogP contribution in [0.15, 0.2) is 29.3 Å². The van der Waals surface area contributed by atoms with E-state index < -0.39 is 0 Å². The highest BCUT2D eigenvalue weighted by Gasteiger charge is 2.39. The van der Waals surface area contributed by atoms with Gasteiger partial charge in [-0.15, -0.1) is 24.0 Å². The average molecular weight is 505 g/mol. The van der Waals surface area contributed by atoms with Gasteiger partial charge in [0.25, 0.3) is 0 Å². The Kier molecular flexibility index (Phi) is 8.21. The van der Waals surface area contributed by atoms with Crippen LogP contribution in [0.25, 0.3) is 0 Å². The zero-order valence-electron chi connectivity index (χ0n) is 16.2. The second-order valence-corrected chi connectivity index (χ2v) is 8.06. The fourth-order valence-corrected chi connectivity index (χ4v) is 3.81. The van der Waals surface area contributed by atoms with Gasteiger partial charge in [0.05, 0.1) is 0 Å². The van der Waals surface area contributed by atoms with Crippen LogP contribution in [0.4, 0.5) is 0 Å². The molecule has 1 saturated heterocycles. The molecule has 1 aromatic rings. The number of amides is 1. The van der Waals surface area contributed by atoms with Gasteiger partial charge in [-0.1, -0.05) is 37.6 Å². The predicted octanol–water partition coefficient (Wildman–Crippen LogP) is 3.63. The number of guanidine groups is 1. The summed E-state index contributed by atoms with van der Waals surface area (Å²) in [5.41, 5.74) is 1.28. The van der Waals surface area contributed by atoms with Crippen molar-refractivity contribution < 1.29 is 4.79 Å². The van der Waals surface area contributed by atoms with Crippen molar-refractivity contribution in [2.24, 2.45) is 10.9 Å². The maximum atomic E-state index is 12.1. The van der Waals surface area contributed by atoms with Gasteiger partial charge in [-0.25, -0.2) is 0 Å². The fraction of sp³-hybridized carbons (Fsp3) is 0.600. The summed E-state index contributed by atoms with van der Waals surface area (Å²) in [6, 6.07) is 8.86. The van der Waals surface area contributed by atoms with Crippen molar-refractivity contribution in [3.8, 4) is 0 Å². The first kappa shape index (κ1) is 22.3. The first-order chi connectivity index (χ1) is 12.5. The molecule has 0 spiro atoms. The Bertz CT molecular complexity index is 674. The highest BCUT2D eigenvalue weighted by molar-refractivity contribution is 14.0. The van der Waals surface area contributed by atoms with Gasteiger partial charge >= 0.3 is 0 Å². The molecule has 27 heavy (non-hydrogen) atoms. The molecule has 1 aliphatic heterocycles. The number of aliphatic imine (C=N–C) groups is 1. The minimum Gasteiger partial charge on any atom is -0.354 e. The quantitative estimate of drug-likeness (QED) is 0.374. The number of hydrogen-bond donors (Lipinski definition) is 2. The molecule has 2 atom stereocenters. The third-order valence-corrected chi connectivity index (χ3v) is 5.49. The Hall–Kier alpha value is -1.02. The first-order valence-electron chi connectivity index (χ1n) is 9.52. The number of rotatable bonds is 4. The summed E-state index contributed by atoms with van der Waals surface area (Å²) in [6.07, 6.45) is 3.02. The number of halogens is 2. The largest absolute Gasteiger partial charge is 0.354 e. The van der Waals surface area contributed by atoms with E-state index in [1.165, 1.54) is 5.56 Å². The van der Waals surface area contributed by atoms with E-state index in [0.717, 1.165) is 43.3 Å². The predicted molar refractivity (Wildman–Crippen MR) is 122 cm³/mol. The summed E-state index contributed by atoms with van der Waals surface area (Å²) in [5, 5.41) is 7.84. The summed E-state index contributed by atoms with van der Waals surface area (Å²) in [7, 11) is 1.81. The van der Waals surface area contributed by atoms with Crippen LogP contribution in [0.2, 0.25) is 5.02 Å². The molecule has 0 aromatic heterocycles. The van der Waals surface area contributed by atoms with E-state index in [1.807, 2.05) is 44.0 Å². The van der Waals surface area contributed by atoms with Crippen LogP contribution in [0, 0.1) is 5.92 Å². The van der Waals surface area contributed by atoms with Crippen molar-refractivity contribution in [1.82, 2.24) is 15.5 Å². The Morgan fingerprint density at radius 1 is 1.26 bits per heavy atom. The average Bonchev–Trinajstić information content (AvgIpc) is 3.40. The highest BCUT2D eigenvalue weighted by atomic mass is 127. The minimum atomic E-state index is 0. The second-order valence-electron chi connectivity index (χ2n) is 7.62. The lowest BCUT2D eigenvalue weighted by atomic mass is 10.0. The van der Waals surface area contributed by atoms with Crippen LogP contribution in [-0.4, -0.2) is 49.0 Å². The first-order valence-corrected chi connectivity index (χ1v) is 9.90. The standard InChI is InChI=1S/C20H29ClN4O.HI/c1-13(2)19(26)25-9-7-16(8-10-25)23-20(22-3)24-18-12-17(18)14-5-4-6-15(21)11-14;/h4-6,11,13,16-18H,7-10,12H2,1-3H3,(H2,22,23,24);1H. The maximum absolute atomic E-state index is 12.1. The number of piperidine rings is 1. The molecular weight excluding hydrogens is 475 g/mol. The molecule has 1 amide bonds. The Labute approximate surface area is 184 Å². The van der Waals surface area contributed by atoms with Gasteiger partial charge in [0.2, 0.25) is 5.91 Å². The molecule has 1 aromatic carbocycles. The van der Waals surface area contributed by atoms with Crippen molar-refractivity contribution in [1.29, 1.82) is 0 Å². The van der Waals surface area contributed by atoms with Gasteiger partial charge in [-0.2, -0.15) is 0 Å². The van der Waals surface area contributed by atoms with Crippen LogP contribution in [-0.2, 0) is 4.79 Å². The van der Waals surface area contributed by atoms with E-state index in [-0.39, 0.29) is 35.8 Å². The van der Waals surface area contributed by atoms with Crippen molar-refractivity contribution in [2.75, 3.05) is 20.1 Å². The van der Waals surface area contributed by atoms with Gasteiger partial charge < -0.3 is 15.5 Å². The zero-order valence-corrected chi connectivity index (χ0v) is 19.3. The number of carbonyl (C=O) groups excluding carboxylic acids is 1. The molecule has 0 radical (unpaired) electrons. The lowest BCUT2D eigenvalue weighted by Crippen LogP contribution is -2.50. The van der Waals surface area contributed by atoms with Gasteiger partial charge in [-0.05, 0) is 37.0 Å². The zero-order chi connectivity index (χ0) is 18.7.